The highest BCUT2D eigenvalue weighted by atomic mass is 16.6. The summed E-state index contributed by atoms with van der Waals surface area (Å²) in [5, 5.41) is 0. The highest BCUT2D eigenvalue weighted by Crippen LogP contribution is 2.65. The van der Waals surface area contributed by atoms with Crippen molar-refractivity contribution in [1.82, 2.24) is 0 Å². The molecule has 8 bridgehead atoms. The van der Waals surface area contributed by atoms with Crippen LogP contribution in [0.4, 0.5) is 0 Å². The van der Waals surface area contributed by atoms with Crippen molar-refractivity contribution in [2.24, 2.45) is 51.2 Å². The number of hydrogen-bond donors (Lipinski definition) is 0. The molecule has 10 heteroatoms. The van der Waals surface area contributed by atoms with Gasteiger partial charge < -0.3 is 18.9 Å². The van der Waals surface area contributed by atoms with Crippen molar-refractivity contribution >= 4 is 35.4 Å². The standard InChI is InChI=1S/C36H48O10/c1-19-6-7-25(26(8-19)45-30(41)35-11-21-9-34(18-35,29(40)43-5)10-22(12-35)27(21)38)32(3,4)46-31(42)36-14-23-13-33(17-36,20(2)37)15-24(16-36)44-28(23)39/h19,21-26H,6-18H2,1-5H3. The summed E-state index contributed by atoms with van der Waals surface area (Å²) in [6.07, 6.45) is 5.09. The molecule has 9 unspecified atom stereocenters. The van der Waals surface area contributed by atoms with Gasteiger partial charge >= 0.3 is 23.9 Å². The van der Waals surface area contributed by atoms with Crippen LogP contribution in [0, 0.1) is 51.2 Å². The first-order chi connectivity index (χ1) is 21.5. The highest BCUT2D eigenvalue weighted by molar-refractivity contribution is 5.94. The predicted octanol–water partition coefficient (Wildman–Crippen LogP) is 4.68. The number of fused-ring (bicyclic) bond motifs is 1. The molecule has 9 atom stereocenters. The van der Waals surface area contributed by atoms with Gasteiger partial charge in [0.25, 0.3) is 0 Å². The molecule has 9 aliphatic rings. The Balaban J connectivity index is 1.12. The fourth-order valence-electron chi connectivity index (χ4n) is 11.7. The van der Waals surface area contributed by atoms with E-state index in [9.17, 15) is 28.8 Å². The molecule has 10 nitrogen and oxygen atoms in total. The van der Waals surface area contributed by atoms with Crippen molar-refractivity contribution in [3.05, 3.63) is 0 Å². The third-order valence-corrected chi connectivity index (χ3v) is 13.6. The van der Waals surface area contributed by atoms with Crippen LogP contribution in [-0.4, -0.2) is 60.4 Å². The Hall–Kier alpha value is -2.78. The quantitative estimate of drug-likeness (QED) is 0.285. The van der Waals surface area contributed by atoms with E-state index in [1.54, 1.807) is 6.92 Å². The van der Waals surface area contributed by atoms with Crippen molar-refractivity contribution in [1.29, 1.82) is 0 Å². The Morgan fingerprint density at radius 2 is 1.30 bits per heavy atom. The second-order valence-corrected chi connectivity index (χ2v) is 17.2. The largest absolute Gasteiger partial charge is 0.469 e. The fourth-order valence-corrected chi connectivity index (χ4v) is 11.7. The van der Waals surface area contributed by atoms with Crippen molar-refractivity contribution < 1.29 is 47.7 Å². The van der Waals surface area contributed by atoms with E-state index in [2.05, 4.69) is 6.92 Å². The number of ether oxygens (including phenoxy) is 4. The Bertz CT molecular complexity index is 1380. The number of rotatable bonds is 7. The first-order valence-corrected chi connectivity index (χ1v) is 17.3. The third kappa shape index (κ3) is 4.69. The molecular weight excluding hydrogens is 592 g/mol. The van der Waals surface area contributed by atoms with Crippen LogP contribution in [0.2, 0.25) is 0 Å². The highest BCUT2D eigenvalue weighted by Gasteiger charge is 2.68. The normalized spacial score (nSPS) is 45.5. The summed E-state index contributed by atoms with van der Waals surface area (Å²) in [5.74, 6) is -2.46. The first-order valence-electron chi connectivity index (χ1n) is 17.3. The molecule has 2 saturated heterocycles. The maximum absolute atomic E-state index is 14.3. The lowest BCUT2D eigenvalue weighted by molar-refractivity contribution is -0.206. The molecular formula is C36H48O10. The molecule has 9 rings (SSSR count). The zero-order valence-corrected chi connectivity index (χ0v) is 27.8. The van der Waals surface area contributed by atoms with Gasteiger partial charge in [0.1, 0.15) is 29.4 Å². The number of hydrogen-bond acceptors (Lipinski definition) is 10. The van der Waals surface area contributed by atoms with E-state index in [0.717, 1.165) is 6.42 Å². The van der Waals surface area contributed by atoms with Crippen LogP contribution in [0.1, 0.15) is 111 Å². The van der Waals surface area contributed by atoms with E-state index >= 15 is 0 Å². The Labute approximate surface area is 270 Å². The molecule has 0 N–H and O–H groups in total. The topological polar surface area (TPSA) is 139 Å². The molecule has 0 spiro atoms. The molecule has 0 radical (unpaired) electrons. The van der Waals surface area contributed by atoms with Gasteiger partial charge in [0.15, 0.2) is 0 Å². The molecule has 9 fully saturated rings. The summed E-state index contributed by atoms with van der Waals surface area (Å²) >= 11 is 0. The average Bonchev–Trinajstić information content (AvgIpc) is 3.14. The average molecular weight is 641 g/mol. The van der Waals surface area contributed by atoms with E-state index in [-0.39, 0.29) is 47.2 Å². The number of methoxy groups -OCH3 is 1. The van der Waals surface area contributed by atoms with E-state index in [4.69, 9.17) is 18.9 Å². The van der Waals surface area contributed by atoms with Crippen molar-refractivity contribution in [3.63, 3.8) is 0 Å². The predicted molar refractivity (Wildman–Crippen MR) is 161 cm³/mol. The molecule has 0 amide bonds. The number of Topliss-reactive ketones (excluding diaryl/α,β-unsaturated/α-hetero) is 2. The smallest absolute Gasteiger partial charge is 0.312 e. The summed E-state index contributed by atoms with van der Waals surface area (Å²) in [6.45, 7) is 7.43. The van der Waals surface area contributed by atoms with Crippen LogP contribution in [-0.2, 0) is 47.7 Å². The fraction of sp³-hybridized carbons (Fsp3) is 0.833. The number of esters is 4. The molecule has 46 heavy (non-hydrogen) atoms. The van der Waals surface area contributed by atoms with Crippen LogP contribution < -0.4 is 0 Å². The summed E-state index contributed by atoms with van der Waals surface area (Å²) in [5.41, 5.74) is -4.49. The zero-order valence-electron chi connectivity index (χ0n) is 27.8. The van der Waals surface area contributed by atoms with Crippen molar-refractivity contribution in [3.8, 4) is 0 Å². The van der Waals surface area contributed by atoms with Gasteiger partial charge in [0.05, 0.1) is 29.3 Å². The van der Waals surface area contributed by atoms with E-state index in [1.807, 2.05) is 13.8 Å². The third-order valence-electron chi connectivity index (χ3n) is 13.6. The molecule has 252 valence electrons. The molecule has 7 aliphatic carbocycles. The van der Waals surface area contributed by atoms with Crippen molar-refractivity contribution in [2.45, 2.75) is 129 Å². The Morgan fingerprint density at radius 3 is 1.93 bits per heavy atom. The molecule has 2 aliphatic heterocycles. The van der Waals surface area contributed by atoms with Crippen LogP contribution in [0.25, 0.3) is 0 Å². The van der Waals surface area contributed by atoms with Crippen LogP contribution in [0.3, 0.4) is 0 Å². The molecule has 2 heterocycles. The van der Waals surface area contributed by atoms with E-state index in [1.165, 1.54) is 7.11 Å². The molecule has 7 saturated carbocycles. The van der Waals surface area contributed by atoms with E-state index in [0.29, 0.717) is 83.0 Å². The summed E-state index contributed by atoms with van der Waals surface area (Å²) in [7, 11) is 1.36. The van der Waals surface area contributed by atoms with Crippen LogP contribution >= 0.6 is 0 Å². The van der Waals surface area contributed by atoms with Gasteiger partial charge in [0.2, 0.25) is 0 Å². The molecule has 0 aromatic heterocycles. The number of ketones is 2. The lowest BCUT2D eigenvalue weighted by Crippen LogP contribution is -2.62. The minimum atomic E-state index is -1.00. The zero-order chi connectivity index (χ0) is 33.0. The van der Waals surface area contributed by atoms with Gasteiger partial charge in [-0.1, -0.05) is 13.3 Å². The summed E-state index contributed by atoms with van der Waals surface area (Å²) in [4.78, 5) is 80.4. The number of carbonyl (C=O) groups excluding carboxylic acids is 6. The first kappa shape index (κ1) is 31.8. The van der Waals surface area contributed by atoms with Gasteiger partial charge in [-0.05, 0) is 97.3 Å². The van der Waals surface area contributed by atoms with Gasteiger partial charge in [-0.2, -0.15) is 0 Å². The van der Waals surface area contributed by atoms with Gasteiger partial charge in [-0.3, -0.25) is 28.8 Å². The maximum atomic E-state index is 14.3. The Kier molecular flexibility index (Phi) is 7.16. The van der Waals surface area contributed by atoms with Crippen LogP contribution in [0.5, 0.6) is 0 Å². The Morgan fingerprint density at radius 1 is 0.761 bits per heavy atom. The van der Waals surface area contributed by atoms with Gasteiger partial charge in [0, 0.05) is 29.6 Å². The SMILES string of the molecule is COC(=O)C12CC3CC(C(=O)OC4CC(C)CCC4C(C)(C)OC(=O)C45CC6CC(C(C)=O)(CC(C4)C(=O)O6)C5)(CC(C1)C3=O)C2. The number of carbonyl (C=O) groups is 6. The minimum Gasteiger partial charge on any atom is -0.469 e. The lowest BCUT2D eigenvalue weighted by Gasteiger charge is -2.58. The summed E-state index contributed by atoms with van der Waals surface area (Å²) < 4.78 is 23.8. The lowest BCUT2D eigenvalue weighted by atomic mass is 9.43. The van der Waals surface area contributed by atoms with Crippen molar-refractivity contribution in [2.75, 3.05) is 7.11 Å². The van der Waals surface area contributed by atoms with Crippen LogP contribution in [0.15, 0.2) is 0 Å². The van der Waals surface area contributed by atoms with E-state index < -0.39 is 51.4 Å². The second kappa shape index (κ2) is 10.4. The summed E-state index contributed by atoms with van der Waals surface area (Å²) in [6, 6.07) is 0. The monoisotopic (exact) mass is 640 g/mol. The molecule has 0 aromatic rings. The van der Waals surface area contributed by atoms with Gasteiger partial charge in [-0.15, -0.1) is 0 Å². The minimum absolute atomic E-state index is 0.00904. The maximum Gasteiger partial charge on any atom is 0.312 e. The van der Waals surface area contributed by atoms with Gasteiger partial charge in [-0.25, -0.2) is 0 Å². The second-order valence-electron chi connectivity index (χ2n) is 17.2. The molecule has 0 aromatic carbocycles.